The Kier molecular flexibility index (Phi) is 5.36. The number of rotatable bonds is 4. The Balaban J connectivity index is 1.43. The average molecular weight is 371 g/mol. The Bertz CT molecular complexity index is 752. The summed E-state index contributed by atoms with van der Waals surface area (Å²) in [6, 6.07) is 4.07. The Morgan fingerprint density at radius 2 is 1.85 bits per heavy atom. The van der Waals surface area contributed by atoms with Crippen LogP contribution in [0, 0.1) is 6.92 Å². The van der Waals surface area contributed by atoms with Gasteiger partial charge in [-0.05, 0) is 44.7 Å². The molecule has 8 heteroatoms. The fraction of sp³-hybridized carbons (Fsp3) is 0.684. The quantitative estimate of drug-likeness (QED) is 0.866. The first kappa shape index (κ1) is 18.3. The number of aromatic nitrogens is 5. The summed E-state index contributed by atoms with van der Waals surface area (Å²) in [5.74, 6) is 3.37. The van der Waals surface area contributed by atoms with Crippen molar-refractivity contribution in [2.75, 3.05) is 31.1 Å². The van der Waals surface area contributed by atoms with Crippen LogP contribution >= 0.6 is 0 Å². The number of aliphatic hydroxyl groups is 1. The van der Waals surface area contributed by atoms with E-state index < -0.39 is 0 Å². The Labute approximate surface area is 160 Å². The molecular weight excluding hydrogens is 342 g/mol. The molecule has 146 valence electrons. The number of likely N-dealkylation sites (tertiary alicyclic amines) is 1. The van der Waals surface area contributed by atoms with Gasteiger partial charge in [-0.2, -0.15) is 5.10 Å². The molecule has 2 aliphatic heterocycles. The van der Waals surface area contributed by atoms with Gasteiger partial charge in [0.15, 0.2) is 5.82 Å². The third-order valence-electron chi connectivity index (χ3n) is 5.82. The lowest BCUT2D eigenvalue weighted by Crippen LogP contribution is -2.37. The van der Waals surface area contributed by atoms with E-state index in [2.05, 4.69) is 47.9 Å². The second kappa shape index (κ2) is 7.90. The molecule has 2 aliphatic rings. The Morgan fingerprint density at radius 3 is 2.59 bits per heavy atom. The molecule has 0 aromatic carbocycles. The van der Waals surface area contributed by atoms with E-state index in [0.29, 0.717) is 5.92 Å². The highest BCUT2D eigenvalue weighted by Crippen LogP contribution is 2.28. The second-order valence-corrected chi connectivity index (χ2v) is 7.86. The van der Waals surface area contributed by atoms with E-state index in [0.717, 1.165) is 81.6 Å². The molecule has 4 heterocycles. The monoisotopic (exact) mass is 371 g/mol. The van der Waals surface area contributed by atoms with Crippen LogP contribution in [0.4, 0.5) is 5.82 Å². The highest BCUT2D eigenvalue weighted by atomic mass is 16.3. The standard InChI is InChI=1S/C19H29N7O/c1-14-5-6-17(21-20-14)26-9-3-4-15(12-26)19-23-22-18(24(19)2)13-25-10-7-16(27)8-11-25/h5-6,15-16,27H,3-4,7-13H2,1-2H3/t15-/m0/s1. The Morgan fingerprint density at radius 1 is 1.04 bits per heavy atom. The zero-order chi connectivity index (χ0) is 18.8. The topological polar surface area (TPSA) is 83.2 Å². The summed E-state index contributed by atoms with van der Waals surface area (Å²) in [5.41, 5.74) is 0.940. The van der Waals surface area contributed by atoms with E-state index in [-0.39, 0.29) is 6.10 Å². The molecule has 2 fully saturated rings. The summed E-state index contributed by atoms with van der Waals surface area (Å²) in [7, 11) is 2.08. The first-order valence-electron chi connectivity index (χ1n) is 9.94. The van der Waals surface area contributed by atoms with Crippen molar-refractivity contribution in [2.24, 2.45) is 7.05 Å². The van der Waals surface area contributed by atoms with Crippen LogP contribution < -0.4 is 4.90 Å². The molecule has 0 radical (unpaired) electrons. The highest BCUT2D eigenvalue weighted by Gasteiger charge is 2.27. The minimum atomic E-state index is -0.144. The highest BCUT2D eigenvalue weighted by molar-refractivity contribution is 5.38. The van der Waals surface area contributed by atoms with E-state index in [4.69, 9.17) is 0 Å². The molecule has 0 spiro atoms. The van der Waals surface area contributed by atoms with Crippen LogP contribution in [0.2, 0.25) is 0 Å². The van der Waals surface area contributed by atoms with Crippen LogP contribution in [0.5, 0.6) is 0 Å². The largest absolute Gasteiger partial charge is 0.393 e. The number of anilines is 1. The molecule has 2 saturated heterocycles. The fourth-order valence-electron chi connectivity index (χ4n) is 4.10. The Hall–Kier alpha value is -2.06. The molecule has 1 atom stereocenters. The van der Waals surface area contributed by atoms with E-state index in [1.807, 2.05) is 13.0 Å². The molecule has 27 heavy (non-hydrogen) atoms. The predicted molar refractivity (Wildman–Crippen MR) is 102 cm³/mol. The van der Waals surface area contributed by atoms with E-state index >= 15 is 0 Å². The predicted octanol–water partition coefficient (Wildman–Crippen LogP) is 1.25. The van der Waals surface area contributed by atoms with Crippen LogP contribution in [-0.2, 0) is 13.6 Å². The number of nitrogens with zero attached hydrogens (tertiary/aromatic N) is 7. The van der Waals surface area contributed by atoms with Gasteiger partial charge >= 0.3 is 0 Å². The van der Waals surface area contributed by atoms with Crippen LogP contribution in [0.3, 0.4) is 0 Å². The molecule has 2 aromatic rings. The summed E-state index contributed by atoms with van der Waals surface area (Å²) < 4.78 is 2.17. The summed E-state index contributed by atoms with van der Waals surface area (Å²) in [6.07, 6.45) is 3.79. The van der Waals surface area contributed by atoms with Crippen molar-refractivity contribution in [3.05, 3.63) is 29.5 Å². The number of hydrogen-bond donors (Lipinski definition) is 1. The fourth-order valence-corrected chi connectivity index (χ4v) is 4.10. The maximum atomic E-state index is 9.68. The first-order chi connectivity index (χ1) is 13.1. The van der Waals surface area contributed by atoms with Crippen molar-refractivity contribution < 1.29 is 5.11 Å². The van der Waals surface area contributed by atoms with Gasteiger partial charge in [-0.1, -0.05) is 0 Å². The van der Waals surface area contributed by atoms with Crippen molar-refractivity contribution in [2.45, 2.75) is 51.2 Å². The van der Waals surface area contributed by atoms with Crippen LogP contribution in [-0.4, -0.2) is 67.3 Å². The third kappa shape index (κ3) is 4.11. The van der Waals surface area contributed by atoms with Crippen molar-refractivity contribution in [1.29, 1.82) is 0 Å². The first-order valence-corrected chi connectivity index (χ1v) is 9.94. The molecule has 0 aliphatic carbocycles. The van der Waals surface area contributed by atoms with Gasteiger partial charge in [-0.3, -0.25) is 4.90 Å². The molecule has 0 saturated carbocycles. The lowest BCUT2D eigenvalue weighted by Gasteiger charge is -2.33. The molecule has 4 rings (SSSR count). The van der Waals surface area contributed by atoms with Gasteiger partial charge in [0.25, 0.3) is 0 Å². The molecule has 1 N–H and O–H groups in total. The zero-order valence-electron chi connectivity index (χ0n) is 16.3. The van der Waals surface area contributed by atoms with Crippen molar-refractivity contribution in [1.82, 2.24) is 29.9 Å². The second-order valence-electron chi connectivity index (χ2n) is 7.86. The smallest absolute Gasteiger partial charge is 0.151 e. The average Bonchev–Trinajstić information content (AvgIpc) is 3.05. The number of aliphatic hydroxyl groups excluding tert-OH is 1. The summed E-state index contributed by atoms with van der Waals surface area (Å²) in [4.78, 5) is 4.66. The van der Waals surface area contributed by atoms with E-state index in [9.17, 15) is 5.11 Å². The minimum Gasteiger partial charge on any atom is -0.393 e. The molecule has 2 aromatic heterocycles. The molecule has 0 bridgehead atoms. The van der Waals surface area contributed by atoms with E-state index in [1.54, 1.807) is 0 Å². The molecule has 0 unspecified atom stereocenters. The summed E-state index contributed by atoms with van der Waals surface area (Å²) >= 11 is 0. The van der Waals surface area contributed by atoms with Gasteiger partial charge in [0.2, 0.25) is 0 Å². The van der Waals surface area contributed by atoms with Gasteiger partial charge in [0.05, 0.1) is 18.3 Å². The van der Waals surface area contributed by atoms with Crippen LogP contribution in [0.1, 0.15) is 48.9 Å². The minimum absolute atomic E-state index is 0.144. The molecule has 8 nitrogen and oxygen atoms in total. The maximum absolute atomic E-state index is 9.68. The number of piperidine rings is 2. The molecule has 0 amide bonds. The number of hydrogen-bond acceptors (Lipinski definition) is 7. The van der Waals surface area contributed by atoms with Gasteiger partial charge < -0.3 is 14.6 Å². The third-order valence-corrected chi connectivity index (χ3v) is 5.82. The zero-order valence-corrected chi connectivity index (χ0v) is 16.3. The summed E-state index contributed by atoms with van der Waals surface area (Å²) in [5, 5.41) is 27.2. The van der Waals surface area contributed by atoms with Crippen molar-refractivity contribution in [3.8, 4) is 0 Å². The van der Waals surface area contributed by atoms with Gasteiger partial charge in [0, 0.05) is 39.1 Å². The summed E-state index contributed by atoms with van der Waals surface area (Å²) in [6.45, 7) is 6.52. The van der Waals surface area contributed by atoms with Crippen LogP contribution in [0.15, 0.2) is 12.1 Å². The number of aryl methyl sites for hydroxylation is 1. The van der Waals surface area contributed by atoms with Crippen molar-refractivity contribution >= 4 is 5.82 Å². The van der Waals surface area contributed by atoms with Crippen molar-refractivity contribution in [3.63, 3.8) is 0 Å². The van der Waals surface area contributed by atoms with Gasteiger partial charge in [0.1, 0.15) is 11.6 Å². The van der Waals surface area contributed by atoms with Crippen LogP contribution in [0.25, 0.3) is 0 Å². The molecular formula is C19H29N7O. The SMILES string of the molecule is Cc1ccc(N2CCC[C@H](c3nnc(CN4CCC(O)CC4)n3C)C2)nn1. The lowest BCUT2D eigenvalue weighted by atomic mass is 9.97. The maximum Gasteiger partial charge on any atom is 0.151 e. The normalized spacial score (nSPS) is 22.3. The van der Waals surface area contributed by atoms with Gasteiger partial charge in [-0.15, -0.1) is 15.3 Å². The lowest BCUT2D eigenvalue weighted by molar-refractivity contribution is 0.0775. The van der Waals surface area contributed by atoms with Gasteiger partial charge in [-0.25, -0.2) is 0 Å². The van der Waals surface area contributed by atoms with E-state index in [1.165, 1.54) is 0 Å².